The molecule has 1 amide bonds. The van der Waals surface area contributed by atoms with Crippen LogP contribution in [0, 0.1) is 0 Å². The average molecular weight is 464 g/mol. The Balaban J connectivity index is 1.61. The molecule has 1 aliphatic carbocycles. The van der Waals surface area contributed by atoms with E-state index in [1.54, 1.807) is 23.1 Å². The van der Waals surface area contributed by atoms with E-state index in [2.05, 4.69) is 0 Å². The van der Waals surface area contributed by atoms with Gasteiger partial charge in [0.25, 0.3) is 11.7 Å². The number of rotatable bonds is 5. The molecule has 7 heteroatoms. The quantitative estimate of drug-likeness (QED) is 0.396. The number of carbonyl (C=O) groups excluding carboxylic acids is 2. The van der Waals surface area contributed by atoms with Crippen molar-refractivity contribution >= 4 is 17.4 Å². The number of carbonyl (C=O) groups is 2. The van der Waals surface area contributed by atoms with E-state index in [0.29, 0.717) is 42.6 Å². The molecule has 1 atom stereocenters. The maximum absolute atomic E-state index is 13.3. The van der Waals surface area contributed by atoms with Crippen LogP contribution in [0.1, 0.15) is 56.2 Å². The lowest BCUT2D eigenvalue weighted by atomic mass is 9.91. The zero-order valence-electron chi connectivity index (χ0n) is 19.3. The van der Waals surface area contributed by atoms with E-state index in [0.717, 1.165) is 37.7 Å². The molecule has 0 bridgehead atoms. The highest BCUT2D eigenvalue weighted by molar-refractivity contribution is 6.46. The minimum absolute atomic E-state index is 0.0349. The van der Waals surface area contributed by atoms with E-state index in [1.807, 2.05) is 31.2 Å². The van der Waals surface area contributed by atoms with Gasteiger partial charge in [0.05, 0.1) is 18.2 Å². The summed E-state index contributed by atoms with van der Waals surface area (Å²) < 4.78 is 16.8. The van der Waals surface area contributed by atoms with Gasteiger partial charge >= 0.3 is 0 Å². The average Bonchev–Trinajstić information content (AvgIpc) is 3.14. The van der Waals surface area contributed by atoms with Crippen molar-refractivity contribution in [2.24, 2.45) is 0 Å². The Bertz CT molecular complexity index is 1120. The van der Waals surface area contributed by atoms with E-state index < -0.39 is 17.7 Å². The third kappa shape index (κ3) is 4.00. The first kappa shape index (κ1) is 22.3. The normalized spacial score (nSPS) is 22.1. The molecular formula is C27H29NO6. The largest absolute Gasteiger partial charge is 0.507 e. The van der Waals surface area contributed by atoms with Crippen molar-refractivity contribution < 1.29 is 28.9 Å². The smallest absolute Gasteiger partial charge is 0.295 e. The van der Waals surface area contributed by atoms with E-state index in [4.69, 9.17) is 14.2 Å². The molecule has 0 aromatic heterocycles. The van der Waals surface area contributed by atoms with Gasteiger partial charge in [-0.15, -0.1) is 0 Å². The van der Waals surface area contributed by atoms with E-state index in [-0.39, 0.29) is 17.4 Å². The number of ether oxygens (including phenoxy) is 3. The van der Waals surface area contributed by atoms with Crippen LogP contribution in [0.4, 0.5) is 0 Å². The lowest BCUT2D eigenvalue weighted by molar-refractivity contribution is -0.141. The zero-order valence-corrected chi connectivity index (χ0v) is 19.3. The van der Waals surface area contributed by atoms with Crippen LogP contribution in [0.25, 0.3) is 5.76 Å². The summed E-state index contributed by atoms with van der Waals surface area (Å²) in [5, 5.41) is 11.4. The number of ketones is 1. The summed E-state index contributed by atoms with van der Waals surface area (Å²) in [5.74, 6) is 0.407. The minimum Gasteiger partial charge on any atom is -0.507 e. The van der Waals surface area contributed by atoms with Crippen molar-refractivity contribution in [1.82, 2.24) is 4.90 Å². The molecule has 2 aliphatic heterocycles. The number of aliphatic hydroxyl groups is 1. The summed E-state index contributed by atoms with van der Waals surface area (Å²) in [6.45, 7) is 3.33. The predicted octanol–water partition coefficient (Wildman–Crippen LogP) is 4.61. The number of Topliss-reactive ketones (excluding diaryl/α,β-unsaturated/α-hetero) is 1. The number of hydrogen-bond donors (Lipinski definition) is 1. The number of hydrogen-bond acceptors (Lipinski definition) is 6. The van der Waals surface area contributed by atoms with Gasteiger partial charge in [-0.3, -0.25) is 9.59 Å². The summed E-state index contributed by atoms with van der Waals surface area (Å²) in [6.07, 6.45) is 4.87. The molecule has 0 radical (unpaired) electrons. The molecule has 7 nitrogen and oxygen atoms in total. The number of aliphatic hydroxyl groups excluding tert-OH is 1. The Kier molecular flexibility index (Phi) is 6.18. The Labute approximate surface area is 198 Å². The van der Waals surface area contributed by atoms with Crippen molar-refractivity contribution in [2.45, 2.75) is 51.1 Å². The number of amides is 1. The van der Waals surface area contributed by atoms with Crippen LogP contribution in [-0.2, 0) is 9.59 Å². The Morgan fingerprint density at radius 2 is 1.71 bits per heavy atom. The standard InChI is InChI=1S/C27H29NO6/c1-2-32-20-11-8-17(9-12-20)24-23(26(30)27(31)28(24)19-6-4-3-5-7-19)25(29)18-10-13-21-22(16-18)34-15-14-33-21/h8-13,16,19,24,29H,2-7,14-15H2,1H3/b25-23-. The number of likely N-dealkylation sites (tertiary alicyclic amines) is 1. The van der Waals surface area contributed by atoms with Crippen LogP contribution in [0.2, 0.25) is 0 Å². The van der Waals surface area contributed by atoms with E-state index in [9.17, 15) is 14.7 Å². The first-order valence-electron chi connectivity index (χ1n) is 12.0. The zero-order chi connectivity index (χ0) is 23.7. The predicted molar refractivity (Wildman–Crippen MR) is 126 cm³/mol. The lowest BCUT2D eigenvalue weighted by Crippen LogP contribution is -2.40. The number of benzene rings is 2. The summed E-state index contributed by atoms with van der Waals surface area (Å²) in [7, 11) is 0. The third-order valence-electron chi connectivity index (χ3n) is 6.77. The first-order chi connectivity index (χ1) is 16.6. The van der Waals surface area contributed by atoms with Crippen LogP contribution in [0.5, 0.6) is 17.2 Å². The fourth-order valence-corrected chi connectivity index (χ4v) is 5.17. The molecule has 1 N–H and O–H groups in total. The molecule has 2 aromatic rings. The van der Waals surface area contributed by atoms with Gasteiger partial charge in [0, 0.05) is 11.6 Å². The molecule has 1 saturated heterocycles. The SMILES string of the molecule is CCOc1ccc(C2/C(=C(/O)c3ccc4c(c3)OCCO4)C(=O)C(=O)N2C2CCCCC2)cc1. The highest BCUT2D eigenvalue weighted by atomic mass is 16.6. The van der Waals surface area contributed by atoms with Gasteiger partial charge in [0.2, 0.25) is 0 Å². The molecule has 178 valence electrons. The van der Waals surface area contributed by atoms with Crippen LogP contribution in [0.3, 0.4) is 0 Å². The molecule has 34 heavy (non-hydrogen) atoms. The molecular weight excluding hydrogens is 434 g/mol. The van der Waals surface area contributed by atoms with Crippen LogP contribution >= 0.6 is 0 Å². The van der Waals surface area contributed by atoms with Gasteiger partial charge < -0.3 is 24.2 Å². The van der Waals surface area contributed by atoms with Gasteiger partial charge in [-0.25, -0.2) is 0 Å². The Morgan fingerprint density at radius 1 is 1.00 bits per heavy atom. The molecule has 5 rings (SSSR count). The maximum Gasteiger partial charge on any atom is 0.295 e. The second-order valence-corrected chi connectivity index (χ2v) is 8.86. The Morgan fingerprint density at radius 3 is 2.41 bits per heavy atom. The van der Waals surface area contributed by atoms with Gasteiger partial charge in [0.1, 0.15) is 24.7 Å². The summed E-state index contributed by atoms with van der Waals surface area (Å²) in [5.41, 5.74) is 1.30. The van der Waals surface area contributed by atoms with Crippen molar-refractivity contribution in [3.8, 4) is 17.2 Å². The molecule has 1 saturated carbocycles. The highest BCUT2D eigenvalue weighted by Gasteiger charge is 2.48. The highest BCUT2D eigenvalue weighted by Crippen LogP contribution is 2.44. The molecule has 2 fully saturated rings. The Hall–Kier alpha value is -3.48. The summed E-state index contributed by atoms with van der Waals surface area (Å²) in [6, 6.07) is 11.8. The molecule has 3 aliphatic rings. The van der Waals surface area contributed by atoms with Crippen molar-refractivity contribution in [1.29, 1.82) is 0 Å². The molecule has 2 aromatic carbocycles. The maximum atomic E-state index is 13.3. The van der Waals surface area contributed by atoms with Crippen molar-refractivity contribution in [3.05, 3.63) is 59.2 Å². The van der Waals surface area contributed by atoms with E-state index >= 15 is 0 Å². The minimum atomic E-state index is -0.660. The summed E-state index contributed by atoms with van der Waals surface area (Å²) >= 11 is 0. The van der Waals surface area contributed by atoms with Crippen LogP contribution in [-0.4, -0.2) is 47.6 Å². The van der Waals surface area contributed by atoms with Crippen molar-refractivity contribution in [2.75, 3.05) is 19.8 Å². The summed E-state index contributed by atoms with van der Waals surface area (Å²) in [4.78, 5) is 28.3. The van der Waals surface area contributed by atoms with Gasteiger partial charge in [-0.1, -0.05) is 31.4 Å². The molecule has 1 unspecified atom stereocenters. The monoisotopic (exact) mass is 463 g/mol. The first-order valence-corrected chi connectivity index (χ1v) is 12.0. The third-order valence-corrected chi connectivity index (χ3v) is 6.77. The number of nitrogens with zero attached hydrogens (tertiary/aromatic N) is 1. The molecule has 0 spiro atoms. The lowest BCUT2D eigenvalue weighted by Gasteiger charge is -2.35. The van der Waals surface area contributed by atoms with Gasteiger partial charge in [0.15, 0.2) is 11.5 Å². The molecule has 2 heterocycles. The second kappa shape index (κ2) is 9.41. The van der Waals surface area contributed by atoms with Gasteiger partial charge in [-0.05, 0) is 55.7 Å². The fourth-order valence-electron chi connectivity index (χ4n) is 5.17. The van der Waals surface area contributed by atoms with Crippen molar-refractivity contribution in [3.63, 3.8) is 0 Å². The number of fused-ring (bicyclic) bond motifs is 1. The van der Waals surface area contributed by atoms with Crippen LogP contribution < -0.4 is 14.2 Å². The van der Waals surface area contributed by atoms with Crippen LogP contribution in [0.15, 0.2) is 48.0 Å². The van der Waals surface area contributed by atoms with Gasteiger partial charge in [-0.2, -0.15) is 0 Å². The second-order valence-electron chi connectivity index (χ2n) is 8.86. The fraction of sp³-hybridized carbons (Fsp3) is 0.407. The van der Waals surface area contributed by atoms with E-state index in [1.165, 1.54) is 0 Å². The topological polar surface area (TPSA) is 85.3 Å².